The predicted molar refractivity (Wildman–Crippen MR) is 114 cm³/mol. The van der Waals surface area contributed by atoms with E-state index in [0.29, 0.717) is 16.3 Å². The normalized spacial score (nSPS) is 11.0. The summed E-state index contributed by atoms with van der Waals surface area (Å²) < 4.78 is 11.4. The Balaban J connectivity index is 1.68. The molecule has 0 atom stereocenters. The van der Waals surface area contributed by atoms with Gasteiger partial charge in [-0.25, -0.2) is 4.98 Å². The van der Waals surface area contributed by atoms with Gasteiger partial charge in [-0.15, -0.1) is 5.10 Å². The van der Waals surface area contributed by atoms with E-state index in [2.05, 4.69) is 14.9 Å². The molecule has 0 bridgehead atoms. The van der Waals surface area contributed by atoms with Gasteiger partial charge in [0.05, 0.1) is 24.2 Å². The zero-order valence-electron chi connectivity index (χ0n) is 16.5. The van der Waals surface area contributed by atoms with Crippen LogP contribution in [0.5, 0.6) is 5.75 Å². The van der Waals surface area contributed by atoms with Gasteiger partial charge in [0.1, 0.15) is 16.3 Å². The SMILES string of the molecule is CCCc1nnsc1C(=O)Nc1cc(-c2cn3cccc(C)c3n2)ccc1OC. The largest absolute Gasteiger partial charge is 0.495 e. The van der Waals surface area contributed by atoms with Crippen molar-refractivity contribution in [3.8, 4) is 17.0 Å². The number of nitrogens with one attached hydrogen (secondary N) is 1. The number of anilines is 1. The second-order valence-electron chi connectivity index (χ2n) is 6.72. The molecule has 1 N–H and O–H groups in total. The van der Waals surface area contributed by atoms with E-state index in [1.54, 1.807) is 7.11 Å². The summed E-state index contributed by atoms with van der Waals surface area (Å²) in [6.45, 7) is 4.08. The molecule has 3 aromatic heterocycles. The quantitative estimate of drug-likeness (QED) is 0.513. The van der Waals surface area contributed by atoms with Crippen LogP contribution in [0.4, 0.5) is 5.69 Å². The van der Waals surface area contributed by atoms with Crippen molar-refractivity contribution in [1.82, 2.24) is 19.0 Å². The number of aromatic nitrogens is 4. The van der Waals surface area contributed by atoms with Crippen molar-refractivity contribution in [3.63, 3.8) is 0 Å². The molecule has 29 heavy (non-hydrogen) atoms. The maximum Gasteiger partial charge on any atom is 0.269 e. The number of carbonyl (C=O) groups is 1. The van der Waals surface area contributed by atoms with Crippen molar-refractivity contribution in [1.29, 1.82) is 0 Å². The number of methoxy groups -OCH3 is 1. The van der Waals surface area contributed by atoms with Crippen molar-refractivity contribution < 1.29 is 9.53 Å². The lowest BCUT2D eigenvalue weighted by Crippen LogP contribution is -2.13. The lowest BCUT2D eigenvalue weighted by molar-refractivity contribution is 0.102. The van der Waals surface area contributed by atoms with Gasteiger partial charge < -0.3 is 14.5 Å². The van der Waals surface area contributed by atoms with Gasteiger partial charge in [-0.1, -0.05) is 23.9 Å². The van der Waals surface area contributed by atoms with E-state index in [1.807, 2.05) is 61.0 Å². The fraction of sp³-hybridized carbons (Fsp3) is 0.238. The number of benzene rings is 1. The standard InChI is InChI=1S/C21H21N5O2S/c1-4-6-15-19(29-25-24-15)21(27)23-16-11-14(8-9-18(16)28-3)17-12-26-10-5-7-13(2)20(26)22-17/h5,7-12H,4,6H2,1-3H3,(H,23,27). The number of hydrogen-bond donors (Lipinski definition) is 1. The Labute approximate surface area is 172 Å². The summed E-state index contributed by atoms with van der Waals surface area (Å²) >= 11 is 1.11. The fourth-order valence-electron chi connectivity index (χ4n) is 3.22. The number of imidazole rings is 1. The highest BCUT2D eigenvalue weighted by Gasteiger charge is 2.18. The van der Waals surface area contributed by atoms with Crippen LogP contribution in [0, 0.1) is 6.92 Å². The topological polar surface area (TPSA) is 81.4 Å². The van der Waals surface area contributed by atoms with Crippen LogP contribution >= 0.6 is 11.5 Å². The molecule has 1 aromatic carbocycles. The summed E-state index contributed by atoms with van der Waals surface area (Å²) in [5.74, 6) is 0.348. The number of fused-ring (bicyclic) bond motifs is 1. The molecule has 0 aliphatic heterocycles. The third-order valence-corrected chi connectivity index (χ3v) is 5.44. The Morgan fingerprint density at radius 1 is 1.31 bits per heavy atom. The third kappa shape index (κ3) is 3.71. The summed E-state index contributed by atoms with van der Waals surface area (Å²) in [5, 5.41) is 7.02. The highest BCUT2D eigenvalue weighted by atomic mass is 32.1. The number of pyridine rings is 1. The molecule has 4 aromatic rings. The molecule has 7 nitrogen and oxygen atoms in total. The van der Waals surface area contributed by atoms with Gasteiger partial charge in [0.15, 0.2) is 0 Å². The van der Waals surface area contributed by atoms with Crippen LogP contribution in [0.2, 0.25) is 0 Å². The van der Waals surface area contributed by atoms with Gasteiger partial charge in [0.2, 0.25) is 0 Å². The molecule has 0 spiro atoms. The van der Waals surface area contributed by atoms with Crippen LogP contribution in [0.3, 0.4) is 0 Å². The first-order chi connectivity index (χ1) is 14.1. The second-order valence-corrected chi connectivity index (χ2v) is 7.47. The van der Waals surface area contributed by atoms with Crippen molar-refractivity contribution in [3.05, 3.63) is 58.9 Å². The maximum atomic E-state index is 12.8. The molecule has 4 rings (SSSR count). The molecular weight excluding hydrogens is 386 g/mol. The summed E-state index contributed by atoms with van der Waals surface area (Å²) in [6.07, 6.45) is 5.56. The molecule has 8 heteroatoms. The van der Waals surface area contributed by atoms with Gasteiger partial charge in [-0.3, -0.25) is 4.79 Å². The number of amides is 1. The van der Waals surface area contributed by atoms with E-state index >= 15 is 0 Å². The lowest BCUT2D eigenvalue weighted by atomic mass is 10.1. The van der Waals surface area contributed by atoms with Crippen LogP contribution in [-0.2, 0) is 6.42 Å². The molecule has 3 heterocycles. The minimum atomic E-state index is -0.232. The molecule has 0 aliphatic rings. The van der Waals surface area contributed by atoms with E-state index in [1.165, 1.54) is 0 Å². The number of carbonyl (C=O) groups excluding carboxylic acids is 1. The Kier molecular flexibility index (Phi) is 5.26. The van der Waals surface area contributed by atoms with Crippen molar-refractivity contribution >= 4 is 28.8 Å². The molecule has 0 aliphatic carbocycles. The van der Waals surface area contributed by atoms with Gasteiger partial charge in [-0.2, -0.15) is 0 Å². The molecule has 0 fully saturated rings. The van der Waals surface area contributed by atoms with E-state index in [4.69, 9.17) is 9.72 Å². The lowest BCUT2D eigenvalue weighted by Gasteiger charge is -2.11. The minimum absolute atomic E-state index is 0.232. The summed E-state index contributed by atoms with van der Waals surface area (Å²) in [4.78, 5) is 18.1. The van der Waals surface area contributed by atoms with Crippen LogP contribution in [0.25, 0.3) is 16.9 Å². The summed E-state index contributed by atoms with van der Waals surface area (Å²) in [7, 11) is 1.58. The van der Waals surface area contributed by atoms with E-state index in [9.17, 15) is 4.79 Å². The van der Waals surface area contributed by atoms with Crippen LogP contribution in [-0.4, -0.2) is 32.0 Å². The second kappa shape index (κ2) is 8.00. The van der Waals surface area contributed by atoms with Crippen molar-refractivity contribution in [2.45, 2.75) is 26.7 Å². The Hall–Kier alpha value is -3.26. The smallest absolute Gasteiger partial charge is 0.269 e. The van der Waals surface area contributed by atoms with Gasteiger partial charge in [0.25, 0.3) is 5.91 Å². The van der Waals surface area contributed by atoms with Crippen LogP contribution in [0.15, 0.2) is 42.7 Å². The fourth-order valence-corrected chi connectivity index (χ4v) is 3.82. The average Bonchev–Trinajstić information content (AvgIpc) is 3.36. The Bertz CT molecular complexity index is 1180. The minimum Gasteiger partial charge on any atom is -0.495 e. The molecular formula is C21H21N5O2S. The summed E-state index contributed by atoms with van der Waals surface area (Å²) in [5.41, 5.74) is 5.02. The van der Waals surface area contributed by atoms with Crippen LogP contribution < -0.4 is 10.1 Å². The molecule has 1 amide bonds. The molecule has 0 saturated carbocycles. The van der Waals surface area contributed by atoms with E-state index in [0.717, 1.165) is 52.5 Å². The molecule has 0 saturated heterocycles. The zero-order valence-corrected chi connectivity index (χ0v) is 17.3. The van der Waals surface area contributed by atoms with Gasteiger partial charge in [0, 0.05) is 18.0 Å². The first kappa shape index (κ1) is 19.1. The Morgan fingerprint density at radius 3 is 2.93 bits per heavy atom. The predicted octanol–water partition coefficient (Wildman–Crippen LogP) is 4.37. The van der Waals surface area contributed by atoms with Crippen LogP contribution in [0.1, 0.15) is 34.3 Å². The number of aryl methyl sites for hydroxylation is 2. The van der Waals surface area contributed by atoms with E-state index < -0.39 is 0 Å². The summed E-state index contributed by atoms with van der Waals surface area (Å²) in [6, 6.07) is 9.66. The highest BCUT2D eigenvalue weighted by molar-refractivity contribution is 7.08. The van der Waals surface area contributed by atoms with Gasteiger partial charge >= 0.3 is 0 Å². The average molecular weight is 407 g/mol. The van der Waals surface area contributed by atoms with Crippen molar-refractivity contribution in [2.24, 2.45) is 0 Å². The molecule has 0 radical (unpaired) electrons. The number of nitrogens with zero attached hydrogens (tertiary/aromatic N) is 4. The van der Waals surface area contributed by atoms with Gasteiger partial charge in [-0.05, 0) is 54.7 Å². The monoisotopic (exact) mass is 407 g/mol. The number of rotatable bonds is 6. The highest BCUT2D eigenvalue weighted by Crippen LogP contribution is 2.31. The van der Waals surface area contributed by atoms with E-state index in [-0.39, 0.29) is 5.91 Å². The number of hydrogen-bond acceptors (Lipinski definition) is 6. The maximum absolute atomic E-state index is 12.8. The van der Waals surface area contributed by atoms with Crippen molar-refractivity contribution in [2.75, 3.05) is 12.4 Å². The molecule has 148 valence electrons. The third-order valence-electron chi connectivity index (χ3n) is 4.67. The number of ether oxygens (including phenoxy) is 1. The first-order valence-corrected chi connectivity index (χ1v) is 10.1. The molecule has 0 unspecified atom stereocenters. The zero-order chi connectivity index (χ0) is 20.4. The first-order valence-electron chi connectivity index (χ1n) is 9.36. The Morgan fingerprint density at radius 2 is 2.17 bits per heavy atom.